The average molecular weight is 250 g/mol. The number of nitrogens with zero attached hydrogens (tertiary/aromatic N) is 1. The van der Waals surface area contributed by atoms with Crippen molar-refractivity contribution in [3.63, 3.8) is 0 Å². The molecular weight excluding hydrogens is 236 g/mol. The zero-order chi connectivity index (χ0) is 12.7. The summed E-state index contributed by atoms with van der Waals surface area (Å²) in [5, 5.41) is 11.0. The molecule has 1 amide bonds. The van der Waals surface area contributed by atoms with E-state index in [-0.39, 0.29) is 11.2 Å². The summed E-state index contributed by atoms with van der Waals surface area (Å²) in [6.45, 7) is 1.77. The maximum absolute atomic E-state index is 11.8. The summed E-state index contributed by atoms with van der Waals surface area (Å²) in [5.41, 5.74) is 0.643. The Hall–Kier alpha value is -1.67. The van der Waals surface area contributed by atoms with Gasteiger partial charge >= 0.3 is 0 Å². The number of nitriles is 1. The second kappa shape index (κ2) is 6.81. The highest BCUT2D eigenvalue weighted by atomic mass is 32.2. The Labute approximate surface area is 105 Å². The van der Waals surface area contributed by atoms with Crippen LogP contribution in [0.3, 0.4) is 0 Å². The molecule has 0 fully saturated rings. The number of anilines is 1. The summed E-state index contributed by atoms with van der Waals surface area (Å²) in [4.78, 5) is 11.8. The van der Waals surface area contributed by atoms with Crippen molar-refractivity contribution >= 4 is 23.4 Å². The van der Waals surface area contributed by atoms with Crippen LogP contribution in [-0.2, 0) is 4.79 Å². The first-order valence-corrected chi connectivity index (χ1v) is 6.16. The van der Waals surface area contributed by atoms with Gasteiger partial charge in [0.05, 0.1) is 29.9 Å². The van der Waals surface area contributed by atoms with Crippen molar-refractivity contribution in [2.75, 3.05) is 18.2 Å². The minimum atomic E-state index is -0.264. The Bertz CT molecular complexity index is 429. The van der Waals surface area contributed by atoms with Crippen molar-refractivity contribution in [1.29, 1.82) is 5.26 Å². The van der Waals surface area contributed by atoms with Crippen LogP contribution in [0.25, 0.3) is 0 Å². The summed E-state index contributed by atoms with van der Waals surface area (Å²) < 4.78 is 5.13. The fourth-order valence-electron chi connectivity index (χ4n) is 1.22. The second-order valence-electron chi connectivity index (χ2n) is 3.30. The van der Waals surface area contributed by atoms with E-state index in [4.69, 9.17) is 10.00 Å². The van der Waals surface area contributed by atoms with E-state index >= 15 is 0 Å². The zero-order valence-corrected chi connectivity index (χ0v) is 10.6. The van der Waals surface area contributed by atoms with E-state index in [1.165, 1.54) is 11.8 Å². The van der Waals surface area contributed by atoms with Crippen molar-refractivity contribution in [3.8, 4) is 11.8 Å². The minimum absolute atomic E-state index is 0.130. The number of carbonyl (C=O) groups excluding carboxylic acids is 1. The molecule has 0 saturated carbocycles. The van der Waals surface area contributed by atoms with Gasteiger partial charge in [-0.1, -0.05) is 12.1 Å². The van der Waals surface area contributed by atoms with E-state index in [1.807, 2.05) is 18.2 Å². The third kappa shape index (κ3) is 4.00. The molecule has 1 atom stereocenters. The van der Waals surface area contributed by atoms with E-state index < -0.39 is 0 Å². The third-order valence-electron chi connectivity index (χ3n) is 2.13. The number of nitrogens with one attached hydrogen (secondary N) is 1. The number of benzene rings is 1. The van der Waals surface area contributed by atoms with Gasteiger partial charge in [0.2, 0.25) is 5.91 Å². The summed E-state index contributed by atoms with van der Waals surface area (Å²) in [5.74, 6) is 0.800. The van der Waals surface area contributed by atoms with E-state index in [0.717, 1.165) is 0 Å². The Morgan fingerprint density at radius 2 is 2.29 bits per heavy atom. The molecule has 17 heavy (non-hydrogen) atoms. The number of para-hydroxylation sites is 2. The van der Waals surface area contributed by atoms with Crippen LogP contribution in [0, 0.1) is 11.3 Å². The number of amides is 1. The molecular formula is C12H14N2O2S. The monoisotopic (exact) mass is 250 g/mol. The number of hydrogen-bond acceptors (Lipinski definition) is 4. The molecule has 90 valence electrons. The van der Waals surface area contributed by atoms with Crippen molar-refractivity contribution in [3.05, 3.63) is 24.3 Å². The standard InChI is InChI=1S/C12H14N2O2S/c1-9(17-8-7-13)12(15)14-10-5-3-4-6-11(10)16-2/h3-6,9H,8H2,1-2H3,(H,14,15). The topological polar surface area (TPSA) is 62.1 Å². The lowest BCUT2D eigenvalue weighted by Crippen LogP contribution is -2.22. The van der Waals surface area contributed by atoms with Gasteiger partial charge in [-0.2, -0.15) is 5.26 Å². The molecule has 0 aromatic heterocycles. The number of ether oxygens (including phenoxy) is 1. The van der Waals surface area contributed by atoms with Gasteiger partial charge in [-0.05, 0) is 19.1 Å². The fraction of sp³-hybridized carbons (Fsp3) is 0.333. The molecule has 0 aliphatic heterocycles. The highest BCUT2D eigenvalue weighted by Crippen LogP contribution is 2.24. The first-order chi connectivity index (χ1) is 8.19. The van der Waals surface area contributed by atoms with Gasteiger partial charge in [-0.3, -0.25) is 4.79 Å². The third-order valence-corrected chi connectivity index (χ3v) is 3.14. The highest BCUT2D eigenvalue weighted by Gasteiger charge is 2.14. The van der Waals surface area contributed by atoms with E-state index in [0.29, 0.717) is 17.2 Å². The van der Waals surface area contributed by atoms with Crippen LogP contribution in [0.2, 0.25) is 0 Å². The fourth-order valence-corrected chi connectivity index (χ4v) is 1.76. The summed E-state index contributed by atoms with van der Waals surface area (Å²) in [6, 6.07) is 9.22. The summed E-state index contributed by atoms with van der Waals surface area (Å²) in [7, 11) is 1.55. The average Bonchev–Trinajstić information content (AvgIpc) is 2.36. The Morgan fingerprint density at radius 3 is 2.94 bits per heavy atom. The smallest absolute Gasteiger partial charge is 0.237 e. The van der Waals surface area contributed by atoms with Crippen LogP contribution in [0.15, 0.2) is 24.3 Å². The van der Waals surface area contributed by atoms with Crippen LogP contribution in [0.4, 0.5) is 5.69 Å². The molecule has 0 heterocycles. The van der Waals surface area contributed by atoms with Gasteiger partial charge < -0.3 is 10.1 Å². The molecule has 0 radical (unpaired) electrons. The predicted octanol–water partition coefficient (Wildman–Crippen LogP) is 2.28. The first-order valence-electron chi connectivity index (χ1n) is 5.11. The SMILES string of the molecule is COc1ccccc1NC(=O)C(C)SCC#N. The maximum atomic E-state index is 11.8. The number of thioether (sulfide) groups is 1. The molecule has 5 heteroatoms. The van der Waals surface area contributed by atoms with Gasteiger partial charge in [-0.25, -0.2) is 0 Å². The molecule has 4 nitrogen and oxygen atoms in total. The van der Waals surface area contributed by atoms with Crippen LogP contribution >= 0.6 is 11.8 Å². The Kier molecular flexibility index (Phi) is 5.37. The second-order valence-corrected chi connectivity index (χ2v) is 4.63. The van der Waals surface area contributed by atoms with E-state index in [1.54, 1.807) is 26.2 Å². The molecule has 0 bridgehead atoms. The van der Waals surface area contributed by atoms with Crippen molar-refractivity contribution in [1.82, 2.24) is 0 Å². The van der Waals surface area contributed by atoms with Gasteiger partial charge in [0.25, 0.3) is 0 Å². The predicted molar refractivity (Wildman–Crippen MR) is 69.2 cm³/mol. The lowest BCUT2D eigenvalue weighted by molar-refractivity contribution is -0.115. The molecule has 0 saturated heterocycles. The van der Waals surface area contributed by atoms with Gasteiger partial charge in [-0.15, -0.1) is 11.8 Å². The molecule has 1 rings (SSSR count). The normalized spacial score (nSPS) is 11.4. The highest BCUT2D eigenvalue weighted by molar-refractivity contribution is 8.00. The number of hydrogen-bond donors (Lipinski definition) is 1. The quantitative estimate of drug-likeness (QED) is 0.870. The van der Waals surface area contributed by atoms with E-state index in [2.05, 4.69) is 5.32 Å². The van der Waals surface area contributed by atoms with Gasteiger partial charge in [0.15, 0.2) is 0 Å². The van der Waals surface area contributed by atoms with Crippen LogP contribution in [0.5, 0.6) is 5.75 Å². The van der Waals surface area contributed by atoms with Crippen molar-refractivity contribution < 1.29 is 9.53 Å². The Morgan fingerprint density at radius 1 is 1.59 bits per heavy atom. The van der Waals surface area contributed by atoms with Crippen LogP contribution in [0.1, 0.15) is 6.92 Å². The summed E-state index contributed by atoms with van der Waals surface area (Å²) in [6.07, 6.45) is 0. The number of methoxy groups -OCH3 is 1. The van der Waals surface area contributed by atoms with Crippen molar-refractivity contribution in [2.45, 2.75) is 12.2 Å². The van der Waals surface area contributed by atoms with Crippen molar-refractivity contribution in [2.24, 2.45) is 0 Å². The Balaban J connectivity index is 2.64. The van der Waals surface area contributed by atoms with E-state index in [9.17, 15) is 4.79 Å². The molecule has 1 aromatic carbocycles. The first kappa shape index (κ1) is 13.4. The van der Waals surface area contributed by atoms with Crippen LogP contribution < -0.4 is 10.1 Å². The number of rotatable bonds is 5. The zero-order valence-electron chi connectivity index (χ0n) is 9.77. The van der Waals surface area contributed by atoms with Gasteiger partial charge in [0.1, 0.15) is 5.75 Å². The summed E-state index contributed by atoms with van der Waals surface area (Å²) >= 11 is 1.30. The molecule has 1 N–H and O–H groups in total. The lowest BCUT2D eigenvalue weighted by Gasteiger charge is -2.12. The minimum Gasteiger partial charge on any atom is -0.495 e. The van der Waals surface area contributed by atoms with Gasteiger partial charge in [0, 0.05) is 0 Å². The lowest BCUT2D eigenvalue weighted by atomic mass is 10.3. The molecule has 0 spiro atoms. The molecule has 0 aliphatic rings. The van der Waals surface area contributed by atoms with Crippen LogP contribution in [-0.4, -0.2) is 24.0 Å². The molecule has 1 aromatic rings. The maximum Gasteiger partial charge on any atom is 0.237 e. The molecule has 0 aliphatic carbocycles. The number of carbonyl (C=O) groups is 1. The largest absolute Gasteiger partial charge is 0.495 e. The molecule has 1 unspecified atom stereocenters.